The average molecular weight is 985 g/mol. The van der Waals surface area contributed by atoms with Crippen LogP contribution in [0.5, 0.6) is 5.75 Å². The average Bonchev–Trinajstić information content (AvgIpc) is 4.09. The second-order valence-corrected chi connectivity index (χ2v) is 22.4. The first-order valence-electron chi connectivity index (χ1n) is 26.0. The third-order valence-corrected chi connectivity index (χ3v) is 15.8. The van der Waals surface area contributed by atoms with E-state index < -0.39 is 40.7 Å². The van der Waals surface area contributed by atoms with Gasteiger partial charge in [-0.1, -0.05) is 65.0 Å². The molecular weight excluding hydrogens is 909 g/mol. The molecule has 1 aliphatic carbocycles. The molecule has 1 unspecified atom stereocenters. The maximum atomic E-state index is 15.6. The first kappa shape index (κ1) is 52.5. The summed E-state index contributed by atoms with van der Waals surface area (Å²) in [4.78, 5) is 77.4. The van der Waals surface area contributed by atoms with Gasteiger partial charge in [0.1, 0.15) is 11.8 Å². The second kappa shape index (κ2) is 21.3. The Balaban J connectivity index is 1.25. The molecule has 1 spiro atoms. The smallest absolute Gasteiger partial charge is 0.324 e. The van der Waals surface area contributed by atoms with Gasteiger partial charge >= 0.3 is 5.97 Å². The fraction of sp³-hybridized carbons (Fsp3) is 0.534. The molecule has 14 heteroatoms. The van der Waals surface area contributed by atoms with Crippen molar-refractivity contribution >= 4 is 40.4 Å². The van der Waals surface area contributed by atoms with E-state index in [0.29, 0.717) is 76.8 Å². The Kier molecular flexibility index (Phi) is 15.5. The van der Waals surface area contributed by atoms with Crippen molar-refractivity contribution in [3.05, 3.63) is 89.5 Å². The van der Waals surface area contributed by atoms with Crippen LogP contribution >= 0.6 is 0 Å². The minimum Gasteiger partial charge on any atom is -0.508 e. The van der Waals surface area contributed by atoms with Crippen LogP contribution in [0, 0.1) is 28.6 Å². The predicted molar refractivity (Wildman–Crippen MR) is 279 cm³/mol. The van der Waals surface area contributed by atoms with Crippen LogP contribution in [0.25, 0.3) is 33.3 Å². The highest BCUT2D eigenvalue weighted by Crippen LogP contribution is 2.50. The molecule has 6 bridgehead atoms. The van der Waals surface area contributed by atoms with Gasteiger partial charge in [-0.3, -0.25) is 29.0 Å². The quantitative estimate of drug-likeness (QED) is 0.106. The number of cyclic esters (lactones) is 1. The molecular formula is C58H76N6O8. The molecule has 3 fully saturated rings. The molecule has 3 aromatic carbocycles. The molecule has 0 radical (unpaired) electrons. The SMILES string of the molecule is C=CC(=O)N1CC[C@H](C(=O)N(C)[C@H](C(=O)C2CCC[C@@]23Cc2cc(O)cc(c2)-c2ccc4c(c2)c(c(-c2ccc(CN(C)C)c(COC)c2)n4CC)CC(C)(C)COC(=O)[C@@H]2CCCN(N2)C3=O)C(C)C)C1. The van der Waals surface area contributed by atoms with Crippen molar-refractivity contribution in [1.82, 2.24) is 29.7 Å². The van der Waals surface area contributed by atoms with Crippen molar-refractivity contribution in [2.24, 2.45) is 28.6 Å². The highest BCUT2D eigenvalue weighted by atomic mass is 16.5. The van der Waals surface area contributed by atoms with Gasteiger partial charge in [-0.2, -0.15) is 0 Å². The summed E-state index contributed by atoms with van der Waals surface area (Å²) < 4.78 is 14.3. The van der Waals surface area contributed by atoms with Crippen molar-refractivity contribution in [3.8, 4) is 28.1 Å². The van der Waals surface area contributed by atoms with Gasteiger partial charge in [0, 0.05) is 69.1 Å². The highest BCUT2D eigenvalue weighted by molar-refractivity contribution is 5.98. The van der Waals surface area contributed by atoms with Crippen molar-refractivity contribution in [2.75, 3.05) is 54.5 Å². The molecule has 3 aliphatic heterocycles. The molecule has 14 nitrogen and oxygen atoms in total. The van der Waals surface area contributed by atoms with Crippen molar-refractivity contribution in [2.45, 2.75) is 118 Å². The number of amides is 3. The summed E-state index contributed by atoms with van der Waals surface area (Å²) in [6.45, 7) is 16.9. The molecule has 4 aliphatic rings. The Morgan fingerprint density at radius 3 is 2.42 bits per heavy atom. The monoisotopic (exact) mass is 985 g/mol. The summed E-state index contributed by atoms with van der Waals surface area (Å²) in [5.74, 6) is -2.83. The lowest BCUT2D eigenvalue weighted by molar-refractivity contribution is -0.161. The number of benzene rings is 3. The Morgan fingerprint density at radius 1 is 0.944 bits per heavy atom. The molecule has 1 aromatic heterocycles. The Labute approximate surface area is 425 Å². The van der Waals surface area contributed by atoms with Gasteiger partial charge in [0.15, 0.2) is 5.78 Å². The van der Waals surface area contributed by atoms with Gasteiger partial charge in [0.05, 0.1) is 36.3 Å². The van der Waals surface area contributed by atoms with Crippen LogP contribution in [0.4, 0.5) is 0 Å². The van der Waals surface area contributed by atoms with Crippen LogP contribution in [0.15, 0.2) is 67.3 Å². The number of phenols is 1. The van der Waals surface area contributed by atoms with E-state index in [1.807, 2.05) is 19.9 Å². The summed E-state index contributed by atoms with van der Waals surface area (Å²) >= 11 is 0. The van der Waals surface area contributed by atoms with Gasteiger partial charge in [-0.15, -0.1) is 0 Å². The molecule has 3 amide bonds. The zero-order chi connectivity index (χ0) is 51.8. The highest BCUT2D eigenvalue weighted by Gasteiger charge is 2.56. The van der Waals surface area contributed by atoms with E-state index in [-0.39, 0.29) is 54.7 Å². The number of esters is 1. The normalized spacial score (nSPS) is 22.9. The van der Waals surface area contributed by atoms with Gasteiger partial charge in [0.25, 0.3) is 0 Å². The summed E-state index contributed by atoms with van der Waals surface area (Å²) in [7, 11) is 7.51. The van der Waals surface area contributed by atoms with Crippen LogP contribution in [0.3, 0.4) is 0 Å². The first-order chi connectivity index (χ1) is 34.3. The maximum Gasteiger partial charge on any atom is 0.324 e. The van der Waals surface area contributed by atoms with Gasteiger partial charge in [-0.05, 0) is 147 Å². The standard InChI is InChI=1S/C58H76N6O8/c1-11-50(66)62-24-21-41(33-62)54(68)61(9)51(36(3)4)53(67)47-15-13-22-58(47)30-37-25-42(28-44(65)26-37)38-19-20-49-45(29-38)46(31-57(5,6)35-72-55(69)48-16-14-23-64(59-48)56(58)70)52(63(49)12-2)39-17-18-40(32-60(7)8)43(27-39)34-71-10/h11,17-20,25-29,36,41,47-48,51,59,65H,1,12-16,21-24,30-35H2,2-10H3/t41-,47?,48-,51-,58+/m0/s1. The number of rotatable bonds is 12. The number of aryl methyl sites for hydroxylation is 1. The summed E-state index contributed by atoms with van der Waals surface area (Å²) in [6.07, 6.45) is 4.90. The number of aromatic hydroxyl groups is 1. The lowest BCUT2D eigenvalue weighted by Gasteiger charge is -2.43. The number of hydrogen-bond acceptors (Lipinski definition) is 10. The van der Waals surface area contributed by atoms with E-state index in [4.69, 9.17) is 9.47 Å². The Bertz CT molecular complexity index is 2740. The number of ketones is 1. The molecule has 2 saturated heterocycles. The van der Waals surface area contributed by atoms with Crippen LogP contribution in [-0.2, 0) is 66.0 Å². The Hall–Kier alpha value is -5.83. The van der Waals surface area contributed by atoms with Gasteiger partial charge in [-0.25, -0.2) is 5.43 Å². The van der Waals surface area contributed by atoms with Crippen molar-refractivity contribution in [3.63, 3.8) is 0 Å². The molecule has 386 valence electrons. The number of nitrogens with zero attached hydrogens (tertiary/aromatic N) is 5. The summed E-state index contributed by atoms with van der Waals surface area (Å²) in [5.41, 5.74) is 10.5. The number of nitrogens with one attached hydrogen (secondary N) is 1. The zero-order valence-electron chi connectivity index (χ0n) is 44.0. The number of methoxy groups -OCH3 is 1. The number of carbonyl (C=O) groups is 5. The number of fused-ring (bicyclic) bond motifs is 6. The number of ether oxygens (including phenoxy) is 2. The number of hydrogen-bond donors (Lipinski definition) is 2. The lowest BCUT2D eigenvalue weighted by atomic mass is 9.68. The Morgan fingerprint density at radius 2 is 1.71 bits per heavy atom. The number of carbonyl (C=O) groups excluding carboxylic acids is 5. The lowest BCUT2D eigenvalue weighted by Crippen LogP contribution is -2.61. The molecule has 4 aromatic rings. The molecule has 72 heavy (non-hydrogen) atoms. The molecule has 8 rings (SSSR count). The van der Waals surface area contributed by atoms with E-state index in [9.17, 15) is 19.5 Å². The summed E-state index contributed by atoms with van der Waals surface area (Å²) in [5, 5.41) is 14.2. The van der Waals surface area contributed by atoms with E-state index in [0.717, 1.165) is 51.0 Å². The number of likely N-dealkylation sites (tertiary alicyclic amines) is 1. The fourth-order valence-electron chi connectivity index (χ4n) is 12.5. The minimum absolute atomic E-state index is 0.0435. The number of hydrazine groups is 1. The zero-order valence-corrected chi connectivity index (χ0v) is 44.0. The number of phenolic OH excluding ortho intramolecular Hbond substituents is 1. The first-order valence-corrected chi connectivity index (χ1v) is 26.0. The minimum atomic E-state index is -1.28. The van der Waals surface area contributed by atoms with Crippen LogP contribution in [-0.4, -0.2) is 125 Å². The van der Waals surface area contributed by atoms with Crippen LogP contribution < -0.4 is 5.43 Å². The molecule has 2 N–H and O–H groups in total. The fourth-order valence-corrected chi connectivity index (χ4v) is 12.5. The van der Waals surface area contributed by atoms with E-state index in [2.05, 4.69) is 92.7 Å². The molecule has 1 saturated carbocycles. The number of Topliss-reactive ketones (excluding diaryl/α,β-unsaturated/α-hetero) is 1. The van der Waals surface area contributed by atoms with Crippen molar-refractivity contribution in [1.29, 1.82) is 0 Å². The second-order valence-electron chi connectivity index (χ2n) is 22.4. The number of likely N-dealkylation sites (N-methyl/N-ethyl adjacent to an activating group) is 1. The predicted octanol–water partition coefficient (Wildman–Crippen LogP) is 7.95. The molecule has 4 heterocycles. The van der Waals surface area contributed by atoms with E-state index in [1.54, 1.807) is 41.1 Å². The largest absolute Gasteiger partial charge is 0.508 e. The van der Waals surface area contributed by atoms with Crippen LogP contribution in [0.2, 0.25) is 0 Å². The third kappa shape index (κ3) is 10.4. The van der Waals surface area contributed by atoms with Crippen LogP contribution in [0.1, 0.15) is 95.4 Å². The summed E-state index contributed by atoms with van der Waals surface area (Å²) in [6, 6.07) is 16.9. The van der Waals surface area contributed by atoms with Gasteiger partial charge < -0.3 is 33.8 Å². The molecule has 5 atom stereocenters. The van der Waals surface area contributed by atoms with E-state index >= 15 is 9.59 Å². The third-order valence-electron chi connectivity index (χ3n) is 15.8. The van der Waals surface area contributed by atoms with E-state index in [1.165, 1.54) is 11.6 Å². The topological polar surface area (TPSA) is 154 Å². The van der Waals surface area contributed by atoms with Crippen molar-refractivity contribution < 1.29 is 38.6 Å². The maximum absolute atomic E-state index is 15.6. The number of aromatic nitrogens is 1. The van der Waals surface area contributed by atoms with Gasteiger partial charge in [0.2, 0.25) is 17.7 Å².